The summed E-state index contributed by atoms with van der Waals surface area (Å²) >= 11 is 5.99. The number of nitrogens with one attached hydrogen (secondary N) is 1. The molecule has 1 aromatic heterocycles. The van der Waals surface area contributed by atoms with Gasteiger partial charge < -0.3 is 5.32 Å². The van der Waals surface area contributed by atoms with Crippen LogP contribution in [0.4, 0.5) is 18.9 Å². The van der Waals surface area contributed by atoms with E-state index in [2.05, 4.69) is 10.4 Å². The van der Waals surface area contributed by atoms with E-state index in [0.717, 1.165) is 29.7 Å². The van der Waals surface area contributed by atoms with E-state index in [9.17, 15) is 18.0 Å². The molecule has 0 amide bonds. The summed E-state index contributed by atoms with van der Waals surface area (Å²) in [4.78, 5) is 12.2. The van der Waals surface area contributed by atoms with E-state index in [1.807, 2.05) is 0 Å². The molecule has 1 saturated carbocycles. The molecule has 0 bridgehead atoms. The first kappa shape index (κ1) is 14.9. The van der Waals surface area contributed by atoms with Crippen LogP contribution in [0.3, 0.4) is 0 Å². The predicted octanol–water partition coefficient (Wildman–Crippen LogP) is 3.48. The highest BCUT2D eigenvalue weighted by atomic mass is 35.5. The van der Waals surface area contributed by atoms with E-state index >= 15 is 0 Å². The van der Waals surface area contributed by atoms with Crippen molar-refractivity contribution in [2.24, 2.45) is 0 Å². The van der Waals surface area contributed by atoms with Crippen molar-refractivity contribution in [2.45, 2.75) is 25.1 Å². The summed E-state index contributed by atoms with van der Waals surface area (Å²) in [5, 5.41) is 6.87. The van der Waals surface area contributed by atoms with E-state index in [1.54, 1.807) is 0 Å². The van der Waals surface area contributed by atoms with Crippen molar-refractivity contribution in [2.75, 3.05) is 5.32 Å². The predicted molar refractivity (Wildman–Crippen MR) is 76.5 cm³/mol. The summed E-state index contributed by atoms with van der Waals surface area (Å²) < 4.78 is 39.1. The highest BCUT2D eigenvalue weighted by molar-refractivity contribution is 6.33. The Hall–Kier alpha value is -2.02. The molecular weight excluding hydrogens is 319 g/mol. The Kier molecular flexibility index (Phi) is 3.60. The van der Waals surface area contributed by atoms with Crippen LogP contribution in [-0.4, -0.2) is 15.8 Å². The Morgan fingerprint density at radius 3 is 2.68 bits per heavy atom. The van der Waals surface area contributed by atoms with Gasteiger partial charge in [-0.05, 0) is 31.0 Å². The van der Waals surface area contributed by atoms with Gasteiger partial charge in [-0.3, -0.25) is 4.79 Å². The second-order valence-electron chi connectivity index (χ2n) is 5.06. The van der Waals surface area contributed by atoms with Gasteiger partial charge in [-0.25, -0.2) is 0 Å². The Balaban J connectivity index is 2.01. The highest BCUT2D eigenvalue weighted by Gasteiger charge is 2.30. The number of rotatable bonds is 3. The molecule has 1 aromatic carbocycles. The molecule has 8 heteroatoms. The number of hydrogen-bond acceptors (Lipinski definition) is 3. The molecule has 0 atom stereocenters. The Morgan fingerprint density at radius 1 is 1.32 bits per heavy atom. The first-order valence-electron chi connectivity index (χ1n) is 6.58. The molecule has 0 aliphatic heterocycles. The molecule has 2 aromatic rings. The van der Waals surface area contributed by atoms with Gasteiger partial charge in [0.2, 0.25) is 0 Å². The molecule has 1 heterocycles. The minimum atomic E-state index is -4.49. The lowest BCUT2D eigenvalue weighted by atomic mass is 10.2. The second-order valence-corrected chi connectivity index (χ2v) is 5.43. The second kappa shape index (κ2) is 5.31. The number of alkyl halides is 3. The lowest BCUT2D eigenvalue weighted by Gasteiger charge is -2.11. The number of halogens is 4. The zero-order valence-corrected chi connectivity index (χ0v) is 11.9. The van der Waals surface area contributed by atoms with Gasteiger partial charge in [0.05, 0.1) is 23.1 Å². The number of nitrogens with zero attached hydrogens (tertiary/aromatic N) is 2. The number of hydrogen-bond donors (Lipinski definition) is 1. The summed E-state index contributed by atoms with van der Waals surface area (Å²) in [7, 11) is 0. The van der Waals surface area contributed by atoms with E-state index in [1.165, 1.54) is 18.3 Å². The van der Waals surface area contributed by atoms with Gasteiger partial charge in [-0.2, -0.15) is 23.0 Å². The molecule has 1 N–H and O–H groups in total. The van der Waals surface area contributed by atoms with E-state index in [0.29, 0.717) is 5.69 Å². The number of aromatic nitrogens is 2. The van der Waals surface area contributed by atoms with Crippen LogP contribution < -0.4 is 10.9 Å². The van der Waals surface area contributed by atoms with Gasteiger partial charge in [0.1, 0.15) is 5.02 Å². The van der Waals surface area contributed by atoms with Crippen molar-refractivity contribution in [1.82, 2.24) is 9.78 Å². The fraction of sp³-hybridized carbons (Fsp3) is 0.286. The SMILES string of the molecule is O=c1c(Cl)c(NC2CC2)cnn1-c1cccc(C(F)(F)F)c1. The van der Waals surface area contributed by atoms with Crippen LogP contribution in [0.2, 0.25) is 5.02 Å². The smallest absolute Gasteiger partial charge is 0.380 e. The standard InChI is InChI=1S/C14H11ClF3N3O/c15-12-11(20-9-4-5-9)7-19-21(13(12)22)10-3-1-2-8(6-10)14(16,17)18/h1-3,6-7,9,20H,4-5H2. The molecule has 3 rings (SSSR count). The largest absolute Gasteiger partial charge is 0.416 e. The van der Waals surface area contributed by atoms with Crippen LogP contribution in [0, 0.1) is 0 Å². The molecule has 22 heavy (non-hydrogen) atoms. The summed E-state index contributed by atoms with van der Waals surface area (Å²) in [6, 6.07) is 4.66. The van der Waals surface area contributed by atoms with Crippen molar-refractivity contribution in [3.63, 3.8) is 0 Å². The quantitative estimate of drug-likeness (QED) is 0.937. The third-order valence-corrected chi connectivity index (χ3v) is 3.64. The first-order chi connectivity index (χ1) is 10.4. The van der Waals surface area contributed by atoms with Crippen molar-refractivity contribution < 1.29 is 13.2 Å². The summed E-state index contributed by atoms with van der Waals surface area (Å²) in [6.07, 6.45) is -1.15. The Labute approximate surface area is 128 Å². The maximum absolute atomic E-state index is 12.7. The van der Waals surface area contributed by atoms with E-state index in [-0.39, 0.29) is 16.8 Å². The average molecular weight is 330 g/mol. The number of anilines is 1. The summed E-state index contributed by atoms with van der Waals surface area (Å²) in [6.45, 7) is 0. The molecular formula is C14H11ClF3N3O. The van der Waals surface area contributed by atoms with Crippen molar-refractivity contribution in [1.29, 1.82) is 0 Å². The van der Waals surface area contributed by atoms with Crippen LogP contribution in [0.5, 0.6) is 0 Å². The van der Waals surface area contributed by atoms with Gasteiger partial charge in [-0.1, -0.05) is 17.7 Å². The highest BCUT2D eigenvalue weighted by Crippen LogP contribution is 2.30. The van der Waals surface area contributed by atoms with Gasteiger partial charge in [0, 0.05) is 6.04 Å². The van der Waals surface area contributed by atoms with Crippen LogP contribution in [-0.2, 0) is 6.18 Å². The molecule has 0 radical (unpaired) electrons. The maximum atomic E-state index is 12.7. The molecule has 4 nitrogen and oxygen atoms in total. The molecule has 1 aliphatic rings. The summed E-state index contributed by atoms with van der Waals surface area (Å²) in [5.74, 6) is 0. The zero-order chi connectivity index (χ0) is 15.9. The van der Waals surface area contributed by atoms with E-state index in [4.69, 9.17) is 11.6 Å². The summed E-state index contributed by atoms with van der Waals surface area (Å²) in [5.41, 5.74) is -1.10. The lowest BCUT2D eigenvalue weighted by molar-refractivity contribution is -0.137. The number of benzene rings is 1. The lowest BCUT2D eigenvalue weighted by Crippen LogP contribution is -2.23. The van der Waals surface area contributed by atoms with Crippen LogP contribution in [0.1, 0.15) is 18.4 Å². The van der Waals surface area contributed by atoms with Crippen molar-refractivity contribution in [3.8, 4) is 5.69 Å². The zero-order valence-electron chi connectivity index (χ0n) is 11.2. The third kappa shape index (κ3) is 2.94. The fourth-order valence-electron chi connectivity index (χ4n) is 1.98. The van der Waals surface area contributed by atoms with Crippen LogP contribution in [0.25, 0.3) is 5.69 Å². The topological polar surface area (TPSA) is 46.9 Å². The molecule has 0 saturated heterocycles. The molecule has 0 unspecified atom stereocenters. The van der Waals surface area contributed by atoms with E-state index < -0.39 is 17.3 Å². The minimum absolute atomic E-state index is 0.0136. The fourth-order valence-corrected chi connectivity index (χ4v) is 2.16. The van der Waals surface area contributed by atoms with Crippen LogP contribution >= 0.6 is 11.6 Å². The molecule has 1 aliphatic carbocycles. The minimum Gasteiger partial charge on any atom is -0.380 e. The Bertz CT molecular complexity index is 769. The average Bonchev–Trinajstić information content (AvgIpc) is 3.27. The normalized spacial score (nSPS) is 14.9. The maximum Gasteiger partial charge on any atom is 0.416 e. The molecule has 0 spiro atoms. The molecule has 116 valence electrons. The monoisotopic (exact) mass is 329 g/mol. The third-order valence-electron chi connectivity index (χ3n) is 3.27. The Morgan fingerprint density at radius 2 is 2.05 bits per heavy atom. The van der Waals surface area contributed by atoms with Crippen LogP contribution in [0.15, 0.2) is 35.3 Å². The first-order valence-corrected chi connectivity index (χ1v) is 6.96. The van der Waals surface area contributed by atoms with Gasteiger partial charge in [-0.15, -0.1) is 0 Å². The van der Waals surface area contributed by atoms with Gasteiger partial charge in [0.15, 0.2) is 0 Å². The molecule has 1 fully saturated rings. The van der Waals surface area contributed by atoms with Crippen molar-refractivity contribution >= 4 is 17.3 Å². The van der Waals surface area contributed by atoms with Crippen molar-refractivity contribution in [3.05, 3.63) is 51.4 Å². The van der Waals surface area contributed by atoms with Gasteiger partial charge in [0.25, 0.3) is 5.56 Å². The van der Waals surface area contributed by atoms with Gasteiger partial charge >= 0.3 is 6.18 Å².